The molecule has 0 spiro atoms. The van der Waals surface area contributed by atoms with Gasteiger partial charge in [-0.25, -0.2) is 9.78 Å². The fraction of sp³-hybridized carbons (Fsp3) is 0.600. The number of nitrogens with zero attached hydrogens (tertiary/aromatic N) is 4. The van der Waals surface area contributed by atoms with E-state index in [1.807, 2.05) is 6.92 Å². The van der Waals surface area contributed by atoms with E-state index in [9.17, 15) is 14.4 Å². The quantitative estimate of drug-likeness (QED) is 0.782. The number of hydrogen-bond acceptors (Lipinski definition) is 5. The van der Waals surface area contributed by atoms with Crippen LogP contribution in [0.1, 0.15) is 19.8 Å². The number of nitrogens with one attached hydrogen (secondary N) is 1. The molecular formula is C15H21N5O4. The first-order chi connectivity index (χ1) is 11.4. The average Bonchev–Trinajstić information content (AvgIpc) is 3.20. The number of fused-ring (bicyclic) bond motifs is 1. The molecule has 2 atom stereocenters. The van der Waals surface area contributed by atoms with Crippen LogP contribution in [0.3, 0.4) is 0 Å². The normalized spacial score (nSPS) is 18.9. The number of carbonyl (C=O) groups is 1. The molecule has 2 aromatic rings. The lowest BCUT2D eigenvalue weighted by molar-refractivity contribution is -0.123. The van der Waals surface area contributed by atoms with E-state index in [1.54, 1.807) is 7.05 Å². The maximum absolute atomic E-state index is 12.3. The summed E-state index contributed by atoms with van der Waals surface area (Å²) >= 11 is 0. The van der Waals surface area contributed by atoms with Crippen LogP contribution in [0.15, 0.2) is 15.9 Å². The van der Waals surface area contributed by atoms with Crippen molar-refractivity contribution in [2.45, 2.75) is 38.5 Å². The van der Waals surface area contributed by atoms with Crippen molar-refractivity contribution in [1.29, 1.82) is 0 Å². The van der Waals surface area contributed by atoms with Crippen molar-refractivity contribution in [2.24, 2.45) is 14.1 Å². The van der Waals surface area contributed by atoms with Gasteiger partial charge in [-0.3, -0.25) is 18.7 Å². The fourth-order valence-electron chi connectivity index (χ4n) is 3.06. The van der Waals surface area contributed by atoms with Gasteiger partial charge in [0.25, 0.3) is 5.56 Å². The van der Waals surface area contributed by atoms with Crippen LogP contribution in [0.4, 0.5) is 0 Å². The predicted octanol–water partition coefficient (Wildman–Crippen LogP) is -0.883. The zero-order chi connectivity index (χ0) is 17.4. The summed E-state index contributed by atoms with van der Waals surface area (Å²) in [6.07, 6.45) is 3.36. The molecule has 130 valence electrons. The van der Waals surface area contributed by atoms with E-state index < -0.39 is 11.2 Å². The molecule has 1 aliphatic rings. The lowest BCUT2D eigenvalue weighted by Crippen LogP contribution is -2.42. The molecular weight excluding hydrogens is 314 g/mol. The van der Waals surface area contributed by atoms with Crippen LogP contribution >= 0.6 is 0 Å². The first kappa shape index (κ1) is 16.4. The number of hydrogen-bond donors (Lipinski definition) is 1. The topological polar surface area (TPSA) is 100 Å². The van der Waals surface area contributed by atoms with Gasteiger partial charge in [-0.05, 0) is 19.8 Å². The highest BCUT2D eigenvalue weighted by molar-refractivity contribution is 5.79. The van der Waals surface area contributed by atoms with Crippen molar-refractivity contribution in [3.05, 3.63) is 27.2 Å². The molecule has 1 N–H and O–H groups in total. The molecule has 24 heavy (non-hydrogen) atoms. The lowest BCUT2D eigenvalue weighted by Gasteiger charge is -2.20. The van der Waals surface area contributed by atoms with E-state index in [0.717, 1.165) is 24.0 Å². The van der Waals surface area contributed by atoms with E-state index in [-0.39, 0.29) is 35.8 Å². The van der Waals surface area contributed by atoms with Crippen LogP contribution in [-0.2, 0) is 30.2 Å². The standard InChI is InChI=1S/C15H21N5O4/c1-9(10-5-4-6-24-10)17-11(21)7-20-8-16-13-12(20)14(22)19(3)15(23)18(13)2/h8-10H,4-7H2,1-3H3,(H,17,21)/t9-,10+/m0/s1. The highest BCUT2D eigenvalue weighted by Gasteiger charge is 2.24. The molecule has 9 heteroatoms. The minimum atomic E-state index is -0.467. The maximum Gasteiger partial charge on any atom is 0.332 e. The Morgan fingerprint density at radius 1 is 1.42 bits per heavy atom. The second kappa shape index (κ2) is 6.23. The molecule has 9 nitrogen and oxygen atoms in total. The van der Waals surface area contributed by atoms with E-state index in [1.165, 1.54) is 22.5 Å². The summed E-state index contributed by atoms with van der Waals surface area (Å²) in [5.41, 5.74) is -0.414. The summed E-state index contributed by atoms with van der Waals surface area (Å²) in [5, 5.41) is 2.89. The van der Waals surface area contributed by atoms with Crippen molar-refractivity contribution >= 4 is 17.1 Å². The molecule has 3 rings (SSSR count). The molecule has 1 aliphatic heterocycles. The number of carbonyl (C=O) groups excluding carboxylic acids is 1. The third-order valence-corrected chi connectivity index (χ3v) is 4.44. The summed E-state index contributed by atoms with van der Waals surface area (Å²) in [6, 6.07) is -0.0954. The van der Waals surface area contributed by atoms with Gasteiger partial charge in [0.05, 0.1) is 18.5 Å². The fourth-order valence-corrected chi connectivity index (χ4v) is 3.06. The maximum atomic E-state index is 12.3. The van der Waals surface area contributed by atoms with Gasteiger partial charge < -0.3 is 14.6 Å². The summed E-state index contributed by atoms with van der Waals surface area (Å²) in [4.78, 5) is 40.6. The van der Waals surface area contributed by atoms with Gasteiger partial charge in [-0.1, -0.05) is 0 Å². The molecule has 0 saturated carbocycles. The molecule has 1 fully saturated rings. The molecule has 0 unspecified atom stereocenters. The Morgan fingerprint density at radius 3 is 2.83 bits per heavy atom. The molecule has 2 aromatic heterocycles. The number of aromatic nitrogens is 4. The van der Waals surface area contributed by atoms with Crippen molar-refractivity contribution in [1.82, 2.24) is 24.0 Å². The van der Waals surface area contributed by atoms with Crippen LogP contribution in [-0.4, -0.2) is 43.3 Å². The first-order valence-corrected chi connectivity index (χ1v) is 7.92. The minimum absolute atomic E-state index is 0.0298. The summed E-state index contributed by atoms with van der Waals surface area (Å²) in [7, 11) is 2.95. The number of amides is 1. The van der Waals surface area contributed by atoms with Crippen LogP contribution in [0, 0.1) is 0 Å². The third kappa shape index (κ3) is 2.75. The Hall–Kier alpha value is -2.42. The second-order valence-electron chi connectivity index (χ2n) is 6.16. The van der Waals surface area contributed by atoms with Gasteiger partial charge in [0.1, 0.15) is 6.54 Å². The van der Waals surface area contributed by atoms with Crippen LogP contribution in [0.2, 0.25) is 0 Å². The van der Waals surface area contributed by atoms with Gasteiger partial charge in [-0.15, -0.1) is 0 Å². The van der Waals surface area contributed by atoms with Gasteiger partial charge in [-0.2, -0.15) is 0 Å². The van der Waals surface area contributed by atoms with E-state index >= 15 is 0 Å². The highest BCUT2D eigenvalue weighted by Crippen LogP contribution is 2.15. The Bertz CT molecular complexity index is 888. The Labute approximate surface area is 137 Å². The molecule has 1 saturated heterocycles. The Morgan fingerprint density at radius 2 is 2.17 bits per heavy atom. The molecule has 0 radical (unpaired) electrons. The highest BCUT2D eigenvalue weighted by atomic mass is 16.5. The zero-order valence-electron chi connectivity index (χ0n) is 14.0. The second-order valence-corrected chi connectivity index (χ2v) is 6.16. The molecule has 0 aliphatic carbocycles. The van der Waals surface area contributed by atoms with Crippen molar-refractivity contribution in [2.75, 3.05) is 6.61 Å². The number of ether oxygens (including phenoxy) is 1. The van der Waals surface area contributed by atoms with E-state index in [4.69, 9.17) is 4.74 Å². The van der Waals surface area contributed by atoms with Crippen LogP contribution in [0.25, 0.3) is 11.2 Å². The van der Waals surface area contributed by atoms with Crippen molar-refractivity contribution in [3.63, 3.8) is 0 Å². The first-order valence-electron chi connectivity index (χ1n) is 7.92. The monoisotopic (exact) mass is 335 g/mol. The SMILES string of the molecule is C[C@H](NC(=O)Cn1cnc2c1c(=O)n(C)c(=O)n2C)[C@H]1CCCO1. The Balaban J connectivity index is 1.84. The van der Waals surface area contributed by atoms with Gasteiger partial charge in [0.15, 0.2) is 11.2 Å². The lowest BCUT2D eigenvalue weighted by atomic mass is 10.1. The van der Waals surface area contributed by atoms with Gasteiger partial charge in [0.2, 0.25) is 5.91 Å². The van der Waals surface area contributed by atoms with Gasteiger partial charge in [0, 0.05) is 20.7 Å². The van der Waals surface area contributed by atoms with E-state index in [2.05, 4.69) is 10.3 Å². The van der Waals surface area contributed by atoms with Crippen LogP contribution < -0.4 is 16.6 Å². The Kier molecular flexibility index (Phi) is 4.27. The molecule has 0 bridgehead atoms. The number of imidazole rings is 1. The smallest absolute Gasteiger partial charge is 0.332 e. The summed E-state index contributed by atoms with van der Waals surface area (Å²) in [6.45, 7) is 2.59. The van der Waals surface area contributed by atoms with Crippen LogP contribution in [0.5, 0.6) is 0 Å². The summed E-state index contributed by atoms with van der Waals surface area (Å²) in [5.74, 6) is -0.229. The van der Waals surface area contributed by atoms with Crippen molar-refractivity contribution in [3.8, 4) is 0 Å². The van der Waals surface area contributed by atoms with Crippen molar-refractivity contribution < 1.29 is 9.53 Å². The number of aryl methyl sites for hydroxylation is 1. The molecule has 3 heterocycles. The molecule has 0 aromatic carbocycles. The largest absolute Gasteiger partial charge is 0.376 e. The average molecular weight is 335 g/mol. The predicted molar refractivity (Wildman–Crippen MR) is 86.8 cm³/mol. The van der Waals surface area contributed by atoms with E-state index in [0.29, 0.717) is 0 Å². The molecule has 1 amide bonds. The number of rotatable bonds is 4. The zero-order valence-corrected chi connectivity index (χ0v) is 14.0. The summed E-state index contributed by atoms with van der Waals surface area (Å²) < 4.78 is 9.33. The third-order valence-electron chi connectivity index (χ3n) is 4.44. The van der Waals surface area contributed by atoms with Gasteiger partial charge >= 0.3 is 5.69 Å². The minimum Gasteiger partial charge on any atom is -0.376 e.